The third kappa shape index (κ3) is 4.66. The molecular formula is C20H24F3N2O2+. The fourth-order valence-electron chi connectivity index (χ4n) is 3.39. The Morgan fingerprint density at radius 3 is 2.48 bits per heavy atom. The normalized spacial score (nSPS) is 15.8. The Morgan fingerprint density at radius 1 is 1.11 bits per heavy atom. The van der Waals surface area contributed by atoms with Gasteiger partial charge in [-0.3, -0.25) is 0 Å². The first-order valence-corrected chi connectivity index (χ1v) is 9.08. The Morgan fingerprint density at radius 2 is 1.81 bits per heavy atom. The first-order valence-electron chi connectivity index (χ1n) is 9.08. The second kappa shape index (κ2) is 8.08. The molecule has 0 atom stereocenters. The monoisotopic (exact) mass is 381 g/mol. The maximum Gasteiger partial charge on any atom is 0.416 e. The highest BCUT2D eigenvalue weighted by Gasteiger charge is 2.31. The molecule has 7 heteroatoms. The minimum atomic E-state index is -4.33. The van der Waals surface area contributed by atoms with Crippen LogP contribution in [0.5, 0.6) is 11.5 Å². The molecule has 0 spiro atoms. The lowest BCUT2D eigenvalue weighted by atomic mass is 10.1. The number of nitrogens with zero attached hydrogens (tertiary/aromatic N) is 1. The Kier molecular flexibility index (Phi) is 5.79. The highest BCUT2D eigenvalue weighted by molar-refractivity contribution is 5.49. The zero-order chi connectivity index (χ0) is 19.4. The minimum Gasteiger partial charge on any atom is -0.504 e. The van der Waals surface area contributed by atoms with E-state index in [2.05, 4.69) is 0 Å². The summed E-state index contributed by atoms with van der Waals surface area (Å²) in [6, 6.07) is 11.0. The van der Waals surface area contributed by atoms with Crippen LogP contribution >= 0.6 is 0 Å². The molecule has 1 aliphatic rings. The van der Waals surface area contributed by atoms with Gasteiger partial charge in [0.2, 0.25) is 0 Å². The number of hydrogen-bond donors (Lipinski definition) is 2. The van der Waals surface area contributed by atoms with E-state index in [-0.39, 0.29) is 5.75 Å². The smallest absolute Gasteiger partial charge is 0.416 e. The molecule has 1 heterocycles. The summed E-state index contributed by atoms with van der Waals surface area (Å²) in [5, 5.41) is 10.3. The molecule has 146 valence electrons. The van der Waals surface area contributed by atoms with Crippen molar-refractivity contribution in [2.24, 2.45) is 0 Å². The Hall–Kier alpha value is -2.41. The van der Waals surface area contributed by atoms with Gasteiger partial charge in [0.15, 0.2) is 11.5 Å². The maximum absolute atomic E-state index is 12.9. The van der Waals surface area contributed by atoms with E-state index in [1.165, 1.54) is 17.0 Å². The number of phenols is 1. The first kappa shape index (κ1) is 19.4. The summed E-state index contributed by atoms with van der Waals surface area (Å²) in [4.78, 5) is 3.26. The molecule has 0 radical (unpaired) electrons. The molecule has 4 nitrogen and oxygen atoms in total. The number of para-hydroxylation sites is 1. The molecule has 0 aromatic heterocycles. The minimum absolute atomic E-state index is 0.173. The first-order chi connectivity index (χ1) is 12.9. The predicted molar refractivity (Wildman–Crippen MR) is 97.3 cm³/mol. The van der Waals surface area contributed by atoms with Gasteiger partial charge in [-0.25, -0.2) is 0 Å². The van der Waals surface area contributed by atoms with Crippen molar-refractivity contribution in [1.82, 2.24) is 0 Å². The molecule has 0 aliphatic carbocycles. The van der Waals surface area contributed by atoms with Gasteiger partial charge < -0.3 is 19.6 Å². The van der Waals surface area contributed by atoms with Gasteiger partial charge in [0, 0.05) is 5.69 Å². The number of phenolic OH excluding ortho intramolecular Hbond substituents is 1. The number of halogens is 3. The molecule has 27 heavy (non-hydrogen) atoms. The Labute approximate surface area is 156 Å². The van der Waals surface area contributed by atoms with Crippen molar-refractivity contribution in [3.05, 3.63) is 53.6 Å². The summed E-state index contributed by atoms with van der Waals surface area (Å²) in [6.45, 7) is 5.92. The van der Waals surface area contributed by atoms with Gasteiger partial charge in [-0.15, -0.1) is 0 Å². The van der Waals surface area contributed by atoms with Crippen molar-refractivity contribution < 1.29 is 27.9 Å². The van der Waals surface area contributed by atoms with Crippen molar-refractivity contribution in [1.29, 1.82) is 0 Å². The van der Waals surface area contributed by atoms with Crippen LogP contribution in [-0.4, -0.2) is 37.9 Å². The van der Waals surface area contributed by atoms with Crippen molar-refractivity contribution in [3.8, 4) is 11.5 Å². The molecule has 0 unspecified atom stereocenters. The fourth-order valence-corrected chi connectivity index (χ4v) is 3.39. The average molecular weight is 381 g/mol. The molecule has 1 saturated heterocycles. The molecule has 1 aliphatic heterocycles. The van der Waals surface area contributed by atoms with Gasteiger partial charge in [0.05, 0.1) is 43.9 Å². The summed E-state index contributed by atoms with van der Waals surface area (Å²) >= 11 is 0. The van der Waals surface area contributed by atoms with Gasteiger partial charge >= 0.3 is 6.18 Å². The molecule has 0 bridgehead atoms. The van der Waals surface area contributed by atoms with Crippen LogP contribution in [0.15, 0.2) is 42.5 Å². The van der Waals surface area contributed by atoms with Crippen LogP contribution < -0.4 is 14.5 Å². The average Bonchev–Trinajstić information content (AvgIpc) is 2.65. The van der Waals surface area contributed by atoms with E-state index in [1.54, 1.807) is 12.1 Å². The number of piperazine rings is 1. The largest absolute Gasteiger partial charge is 0.504 e. The number of nitrogens with one attached hydrogen (secondary N) is 1. The number of hydrogen-bond acceptors (Lipinski definition) is 3. The number of benzene rings is 2. The van der Waals surface area contributed by atoms with Gasteiger partial charge in [0.1, 0.15) is 6.54 Å². The lowest BCUT2D eigenvalue weighted by Gasteiger charge is -2.34. The lowest BCUT2D eigenvalue weighted by molar-refractivity contribution is -0.914. The topological polar surface area (TPSA) is 37.1 Å². The van der Waals surface area contributed by atoms with Crippen LogP contribution in [0, 0.1) is 0 Å². The van der Waals surface area contributed by atoms with Crippen LogP contribution in [0.2, 0.25) is 0 Å². The molecule has 0 saturated carbocycles. The second-order valence-electron chi connectivity index (χ2n) is 6.66. The van der Waals surface area contributed by atoms with Crippen LogP contribution in [0.25, 0.3) is 0 Å². The molecule has 0 amide bonds. The summed E-state index contributed by atoms with van der Waals surface area (Å²) in [5.74, 6) is 0.657. The predicted octanol–water partition coefficient (Wildman–Crippen LogP) is 2.71. The van der Waals surface area contributed by atoms with E-state index >= 15 is 0 Å². The Balaban J connectivity index is 1.62. The fraction of sp³-hybridized carbons (Fsp3) is 0.400. The van der Waals surface area contributed by atoms with E-state index in [1.807, 2.05) is 24.0 Å². The van der Waals surface area contributed by atoms with Crippen LogP contribution in [0.4, 0.5) is 18.9 Å². The van der Waals surface area contributed by atoms with Crippen LogP contribution in [0.3, 0.4) is 0 Å². The molecular weight excluding hydrogens is 357 g/mol. The molecule has 2 aromatic rings. The van der Waals surface area contributed by atoms with E-state index in [0.29, 0.717) is 37.7 Å². The highest BCUT2D eigenvalue weighted by Crippen LogP contribution is 2.32. The zero-order valence-electron chi connectivity index (χ0n) is 15.2. The number of aromatic hydroxyl groups is 1. The van der Waals surface area contributed by atoms with Crippen molar-refractivity contribution in [3.63, 3.8) is 0 Å². The number of quaternary nitrogens is 1. The van der Waals surface area contributed by atoms with Gasteiger partial charge in [-0.05, 0) is 37.3 Å². The molecule has 1 fully saturated rings. The van der Waals surface area contributed by atoms with Gasteiger partial charge in [0.25, 0.3) is 0 Å². The summed E-state index contributed by atoms with van der Waals surface area (Å²) < 4.78 is 44.1. The van der Waals surface area contributed by atoms with E-state index in [9.17, 15) is 18.3 Å². The van der Waals surface area contributed by atoms with E-state index in [4.69, 9.17) is 4.74 Å². The quantitative estimate of drug-likeness (QED) is 0.836. The van der Waals surface area contributed by atoms with E-state index < -0.39 is 11.7 Å². The second-order valence-corrected chi connectivity index (χ2v) is 6.66. The third-order valence-electron chi connectivity index (χ3n) is 4.83. The lowest BCUT2D eigenvalue weighted by Crippen LogP contribution is -3.13. The number of ether oxygens (including phenoxy) is 1. The zero-order valence-corrected chi connectivity index (χ0v) is 15.2. The molecule has 2 N–H and O–H groups in total. The third-order valence-corrected chi connectivity index (χ3v) is 4.83. The standard InChI is InChI=1S/C20H23F3N2O2/c1-2-27-18-8-3-5-15(19(18)26)14-24-9-11-25(12-10-24)17-7-4-6-16(13-17)20(21,22)23/h3-8,13,26H,2,9-12,14H2,1H3/p+1. The number of alkyl halides is 3. The van der Waals surface area contributed by atoms with Crippen LogP contribution in [0.1, 0.15) is 18.1 Å². The summed E-state index contributed by atoms with van der Waals surface area (Å²) in [7, 11) is 0. The van der Waals surface area contributed by atoms with Crippen LogP contribution in [-0.2, 0) is 12.7 Å². The highest BCUT2D eigenvalue weighted by atomic mass is 19.4. The molecule has 3 rings (SSSR count). The van der Waals surface area contributed by atoms with Crippen molar-refractivity contribution in [2.45, 2.75) is 19.6 Å². The Bertz CT molecular complexity index is 772. The van der Waals surface area contributed by atoms with Gasteiger partial charge in [-0.2, -0.15) is 13.2 Å². The number of rotatable bonds is 5. The SMILES string of the molecule is CCOc1cccc(C[NH+]2CCN(c3cccc(C(F)(F)F)c3)CC2)c1O. The summed E-state index contributed by atoms with van der Waals surface area (Å²) in [6.07, 6.45) is -4.33. The van der Waals surface area contributed by atoms with Crippen molar-refractivity contribution in [2.75, 3.05) is 37.7 Å². The molecule has 2 aromatic carbocycles. The number of anilines is 1. The maximum atomic E-state index is 12.9. The van der Waals surface area contributed by atoms with Crippen molar-refractivity contribution >= 4 is 5.69 Å². The van der Waals surface area contributed by atoms with E-state index in [0.717, 1.165) is 24.7 Å². The summed E-state index contributed by atoms with van der Waals surface area (Å²) in [5.41, 5.74) is 0.806. The van der Waals surface area contributed by atoms with Gasteiger partial charge in [-0.1, -0.05) is 12.1 Å².